The number of carbonyl (C=O) groups excluding carboxylic acids is 1. The lowest BCUT2D eigenvalue weighted by molar-refractivity contribution is -0.125. The van der Waals surface area contributed by atoms with E-state index in [4.69, 9.17) is 15.2 Å². The largest absolute Gasteiger partial charge is 0.493 e. The number of aryl methyl sites for hydroxylation is 1. The Bertz CT molecular complexity index is 630. The van der Waals surface area contributed by atoms with Crippen molar-refractivity contribution >= 4 is 11.9 Å². The van der Waals surface area contributed by atoms with E-state index in [2.05, 4.69) is 21.7 Å². The highest BCUT2D eigenvalue weighted by Crippen LogP contribution is 2.28. The summed E-state index contributed by atoms with van der Waals surface area (Å²) in [5.41, 5.74) is 5.93. The van der Waals surface area contributed by atoms with Crippen molar-refractivity contribution < 1.29 is 14.3 Å². The van der Waals surface area contributed by atoms with E-state index in [0.29, 0.717) is 19.1 Å². The Labute approximate surface area is 162 Å². The third-order valence-corrected chi connectivity index (χ3v) is 4.11. The fraction of sp³-hybridized carbons (Fsp3) is 0.600. The van der Waals surface area contributed by atoms with Gasteiger partial charge in [-0.15, -0.1) is 0 Å². The van der Waals surface area contributed by atoms with E-state index < -0.39 is 5.41 Å². The van der Waals surface area contributed by atoms with Crippen LogP contribution >= 0.6 is 0 Å². The van der Waals surface area contributed by atoms with Crippen LogP contribution in [0, 0.1) is 5.41 Å². The number of hydrogen-bond acceptors (Lipinski definition) is 4. The first kappa shape index (κ1) is 22.6. The van der Waals surface area contributed by atoms with Crippen molar-refractivity contribution in [2.24, 2.45) is 16.1 Å². The van der Waals surface area contributed by atoms with Crippen LogP contribution in [0.1, 0.15) is 39.7 Å². The van der Waals surface area contributed by atoms with Gasteiger partial charge in [0.25, 0.3) is 0 Å². The Morgan fingerprint density at radius 2 is 1.96 bits per heavy atom. The molecule has 0 fully saturated rings. The van der Waals surface area contributed by atoms with Crippen molar-refractivity contribution in [3.8, 4) is 11.5 Å². The Morgan fingerprint density at radius 1 is 1.22 bits per heavy atom. The Hall–Kier alpha value is -2.44. The van der Waals surface area contributed by atoms with Gasteiger partial charge in [-0.2, -0.15) is 0 Å². The number of benzene rings is 1. The molecule has 0 aliphatic carbocycles. The summed E-state index contributed by atoms with van der Waals surface area (Å²) in [6, 6.07) is 6.01. The maximum Gasteiger partial charge on any atom is 0.224 e. The molecule has 1 amide bonds. The molecule has 1 aromatic rings. The van der Waals surface area contributed by atoms with Crippen LogP contribution < -0.4 is 25.8 Å². The first-order chi connectivity index (χ1) is 12.8. The number of carbonyl (C=O) groups is 1. The molecule has 0 saturated heterocycles. The predicted molar refractivity (Wildman–Crippen MR) is 109 cm³/mol. The van der Waals surface area contributed by atoms with Crippen LogP contribution in [-0.4, -0.2) is 45.2 Å². The maximum absolute atomic E-state index is 11.4. The van der Waals surface area contributed by atoms with Crippen LogP contribution in [0.2, 0.25) is 0 Å². The third-order valence-electron chi connectivity index (χ3n) is 4.11. The molecule has 7 nitrogen and oxygen atoms in total. The van der Waals surface area contributed by atoms with Gasteiger partial charge in [-0.25, -0.2) is 0 Å². The van der Waals surface area contributed by atoms with Crippen molar-refractivity contribution in [3.05, 3.63) is 23.8 Å². The monoisotopic (exact) mass is 378 g/mol. The molecule has 0 bridgehead atoms. The number of methoxy groups -OCH3 is 1. The average molecular weight is 379 g/mol. The lowest BCUT2D eigenvalue weighted by atomic mass is 9.93. The van der Waals surface area contributed by atoms with Gasteiger partial charge in [0, 0.05) is 13.1 Å². The number of guanidine groups is 1. The summed E-state index contributed by atoms with van der Waals surface area (Å²) in [5.74, 6) is 1.86. The van der Waals surface area contributed by atoms with E-state index in [-0.39, 0.29) is 5.91 Å². The van der Waals surface area contributed by atoms with Crippen molar-refractivity contribution in [1.82, 2.24) is 10.6 Å². The van der Waals surface area contributed by atoms with Gasteiger partial charge in [0.15, 0.2) is 17.5 Å². The van der Waals surface area contributed by atoms with E-state index in [1.54, 1.807) is 21.0 Å². The smallest absolute Gasteiger partial charge is 0.224 e. The minimum absolute atomic E-state index is 0.341. The number of nitrogens with one attached hydrogen (secondary N) is 2. The summed E-state index contributed by atoms with van der Waals surface area (Å²) in [5, 5.41) is 6.48. The highest BCUT2D eigenvalue weighted by molar-refractivity contribution is 5.82. The van der Waals surface area contributed by atoms with Gasteiger partial charge in [0.05, 0.1) is 25.7 Å². The van der Waals surface area contributed by atoms with Crippen molar-refractivity contribution in [3.63, 3.8) is 0 Å². The molecule has 0 atom stereocenters. The molecule has 0 saturated carbocycles. The third kappa shape index (κ3) is 7.76. The summed E-state index contributed by atoms with van der Waals surface area (Å²) in [6.45, 7) is 10.0. The second kappa shape index (κ2) is 11.3. The summed E-state index contributed by atoms with van der Waals surface area (Å²) in [4.78, 5) is 15.9. The quantitative estimate of drug-likeness (QED) is 0.311. The maximum atomic E-state index is 11.4. The Morgan fingerprint density at radius 3 is 2.56 bits per heavy atom. The van der Waals surface area contributed by atoms with Crippen molar-refractivity contribution in [2.45, 2.75) is 40.5 Å². The standard InChI is InChI=1S/C20H34N4O3/c1-6-22-19(24-14-20(3,4)18(21)25)23-12-8-9-15-10-11-16(26-5)17(13-15)27-7-2/h10-11,13H,6-9,12,14H2,1-5H3,(H2,21,25)(H2,22,23,24). The minimum Gasteiger partial charge on any atom is -0.493 e. The summed E-state index contributed by atoms with van der Waals surface area (Å²) in [6.07, 6.45) is 1.84. The molecular formula is C20H34N4O3. The van der Waals surface area contributed by atoms with Gasteiger partial charge in [-0.1, -0.05) is 6.07 Å². The number of nitrogens with zero attached hydrogens (tertiary/aromatic N) is 1. The van der Waals surface area contributed by atoms with Gasteiger partial charge < -0.3 is 25.8 Å². The first-order valence-electron chi connectivity index (χ1n) is 9.45. The normalized spacial score (nSPS) is 11.8. The zero-order chi connectivity index (χ0) is 20.3. The van der Waals surface area contributed by atoms with E-state index in [0.717, 1.165) is 37.4 Å². The van der Waals surface area contributed by atoms with Gasteiger partial charge in [-0.05, 0) is 58.2 Å². The van der Waals surface area contributed by atoms with E-state index in [1.807, 2.05) is 26.0 Å². The summed E-state index contributed by atoms with van der Waals surface area (Å²) >= 11 is 0. The SMILES string of the molecule is CCNC(=NCC(C)(C)C(N)=O)NCCCc1ccc(OC)c(OCC)c1. The fourth-order valence-corrected chi connectivity index (χ4v) is 2.34. The number of rotatable bonds is 11. The molecule has 0 spiro atoms. The number of primary amides is 1. The summed E-state index contributed by atoms with van der Waals surface area (Å²) in [7, 11) is 1.64. The van der Waals surface area contributed by atoms with Crippen LogP contribution in [-0.2, 0) is 11.2 Å². The molecule has 27 heavy (non-hydrogen) atoms. The van der Waals surface area contributed by atoms with Gasteiger partial charge >= 0.3 is 0 Å². The lowest BCUT2D eigenvalue weighted by Gasteiger charge is -2.19. The van der Waals surface area contributed by atoms with Crippen LogP contribution in [0.3, 0.4) is 0 Å². The number of nitrogens with two attached hydrogens (primary N) is 1. The lowest BCUT2D eigenvalue weighted by Crippen LogP contribution is -2.40. The van der Waals surface area contributed by atoms with Crippen molar-refractivity contribution in [1.29, 1.82) is 0 Å². The Balaban J connectivity index is 2.56. The molecule has 0 radical (unpaired) electrons. The average Bonchev–Trinajstić information content (AvgIpc) is 2.63. The number of hydrogen-bond donors (Lipinski definition) is 3. The van der Waals surface area contributed by atoms with Gasteiger partial charge in [0.1, 0.15) is 0 Å². The van der Waals surface area contributed by atoms with E-state index in [9.17, 15) is 4.79 Å². The second-order valence-electron chi connectivity index (χ2n) is 6.89. The highest BCUT2D eigenvalue weighted by atomic mass is 16.5. The number of ether oxygens (including phenoxy) is 2. The molecule has 7 heteroatoms. The molecule has 152 valence electrons. The van der Waals surface area contributed by atoms with Gasteiger partial charge in [-0.3, -0.25) is 9.79 Å². The van der Waals surface area contributed by atoms with Gasteiger partial charge in [0.2, 0.25) is 5.91 Å². The zero-order valence-corrected chi connectivity index (χ0v) is 17.2. The molecule has 1 aromatic carbocycles. The van der Waals surface area contributed by atoms with Crippen LogP contribution in [0.25, 0.3) is 0 Å². The molecule has 1 rings (SSSR count). The number of aliphatic imine (C=N–C) groups is 1. The van der Waals surface area contributed by atoms with Crippen LogP contribution in [0.15, 0.2) is 23.2 Å². The Kier molecular flexibility index (Phi) is 9.47. The first-order valence-corrected chi connectivity index (χ1v) is 9.45. The molecule has 0 aliphatic rings. The highest BCUT2D eigenvalue weighted by Gasteiger charge is 2.24. The van der Waals surface area contributed by atoms with Crippen LogP contribution in [0.5, 0.6) is 11.5 Å². The molecular weight excluding hydrogens is 344 g/mol. The van der Waals surface area contributed by atoms with Crippen LogP contribution in [0.4, 0.5) is 0 Å². The van der Waals surface area contributed by atoms with E-state index >= 15 is 0 Å². The minimum atomic E-state index is -0.666. The topological polar surface area (TPSA) is 98.0 Å². The molecule has 0 heterocycles. The summed E-state index contributed by atoms with van der Waals surface area (Å²) < 4.78 is 10.9. The van der Waals surface area contributed by atoms with Crippen molar-refractivity contribution in [2.75, 3.05) is 33.4 Å². The fourth-order valence-electron chi connectivity index (χ4n) is 2.34. The second-order valence-corrected chi connectivity index (χ2v) is 6.89. The number of amides is 1. The molecule has 0 aliphatic heterocycles. The molecule has 0 unspecified atom stereocenters. The zero-order valence-electron chi connectivity index (χ0n) is 17.2. The molecule has 0 aromatic heterocycles. The van der Waals surface area contributed by atoms with E-state index in [1.165, 1.54) is 5.56 Å². The molecule has 4 N–H and O–H groups in total. The predicted octanol–water partition coefficient (Wildman–Crippen LogP) is 2.09.